The number of hydrogen-bond donors (Lipinski definition) is 1. The van der Waals surface area contributed by atoms with Crippen LogP contribution in [0.3, 0.4) is 0 Å². The molecule has 1 amide bonds. The number of hydrogen-bond acceptors (Lipinski definition) is 3. The number of carbonyl (C=O) groups is 1. The van der Waals surface area contributed by atoms with Gasteiger partial charge in [-0.3, -0.25) is 14.9 Å². The maximum absolute atomic E-state index is 13.7. The van der Waals surface area contributed by atoms with Crippen molar-refractivity contribution in [2.75, 3.05) is 11.9 Å². The molecule has 0 aromatic heterocycles. The molecule has 0 atom stereocenters. The van der Waals surface area contributed by atoms with Crippen molar-refractivity contribution in [3.05, 3.63) is 39.4 Å². The van der Waals surface area contributed by atoms with Crippen LogP contribution in [0.25, 0.3) is 0 Å². The molecule has 8 heteroatoms. The second-order valence-corrected chi connectivity index (χ2v) is 4.46. The predicted octanol–water partition coefficient (Wildman–Crippen LogP) is 2.78. The summed E-state index contributed by atoms with van der Waals surface area (Å²) in [6.07, 6.45) is 1.43. The van der Waals surface area contributed by atoms with Gasteiger partial charge in [0.15, 0.2) is 0 Å². The molecule has 1 aromatic carbocycles. The Morgan fingerprint density at radius 1 is 1.37 bits per heavy atom. The maximum atomic E-state index is 13.7. The number of amides is 1. The molecular weight excluding hydrogens is 326 g/mol. The lowest BCUT2D eigenvalue weighted by atomic mass is 10.1. The van der Waals surface area contributed by atoms with Crippen molar-refractivity contribution < 1.29 is 18.5 Å². The van der Waals surface area contributed by atoms with Gasteiger partial charge < -0.3 is 5.32 Å². The molecule has 1 aromatic rings. The van der Waals surface area contributed by atoms with Gasteiger partial charge in [-0.1, -0.05) is 15.9 Å². The lowest BCUT2D eigenvalue weighted by molar-refractivity contribution is -0.387. The summed E-state index contributed by atoms with van der Waals surface area (Å²) in [6.45, 7) is 0.242. The summed E-state index contributed by atoms with van der Waals surface area (Å²) in [4.78, 5) is 21.1. The fourth-order valence-corrected chi connectivity index (χ4v) is 1.80. The minimum Gasteiger partial charge on any atom is -0.352 e. The molecule has 104 valence electrons. The quantitative estimate of drug-likeness (QED) is 0.375. The molecular formula is C11H11BrF2N2O3. The summed E-state index contributed by atoms with van der Waals surface area (Å²) >= 11 is 3.20. The van der Waals surface area contributed by atoms with E-state index < -0.39 is 33.7 Å². The molecule has 0 fully saturated rings. The largest absolute Gasteiger partial charge is 0.352 e. The first-order chi connectivity index (χ1) is 8.99. The minimum atomic E-state index is -1.46. The number of unbranched alkanes of at least 4 members (excludes halogenated alkanes) is 1. The van der Waals surface area contributed by atoms with Crippen molar-refractivity contribution in [3.63, 3.8) is 0 Å². The standard InChI is InChI=1S/C11H11BrF2N2O3/c12-5-1-2-6-15-11(17)9-7(13)3-4-8(10(9)14)16(18)19/h3-4H,1-2,5-6H2,(H,15,17). The molecule has 0 spiro atoms. The van der Waals surface area contributed by atoms with E-state index in [1.165, 1.54) is 0 Å². The lowest BCUT2D eigenvalue weighted by Gasteiger charge is -2.06. The van der Waals surface area contributed by atoms with Crippen LogP contribution < -0.4 is 5.32 Å². The van der Waals surface area contributed by atoms with Gasteiger partial charge in [-0.2, -0.15) is 4.39 Å². The SMILES string of the molecule is O=C(NCCCCBr)c1c(F)ccc([N+](=O)[O-])c1F. The molecule has 5 nitrogen and oxygen atoms in total. The molecule has 0 saturated carbocycles. The molecule has 0 radical (unpaired) electrons. The Morgan fingerprint density at radius 2 is 2.05 bits per heavy atom. The van der Waals surface area contributed by atoms with Crippen LogP contribution in [0.1, 0.15) is 23.2 Å². The highest BCUT2D eigenvalue weighted by Crippen LogP contribution is 2.22. The summed E-state index contributed by atoms with van der Waals surface area (Å²) in [7, 11) is 0. The molecule has 0 aliphatic heterocycles. The number of nitrogens with zero attached hydrogens (tertiary/aromatic N) is 1. The van der Waals surface area contributed by atoms with Crippen molar-refractivity contribution in [2.45, 2.75) is 12.8 Å². The van der Waals surface area contributed by atoms with Crippen molar-refractivity contribution >= 4 is 27.5 Å². The normalized spacial score (nSPS) is 10.3. The monoisotopic (exact) mass is 336 g/mol. The maximum Gasteiger partial charge on any atom is 0.305 e. The van der Waals surface area contributed by atoms with E-state index in [-0.39, 0.29) is 6.54 Å². The molecule has 19 heavy (non-hydrogen) atoms. The van der Waals surface area contributed by atoms with Crippen LogP contribution in [0.15, 0.2) is 12.1 Å². The predicted molar refractivity (Wildman–Crippen MR) is 68.4 cm³/mol. The van der Waals surface area contributed by atoms with Crippen LogP contribution in [0.5, 0.6) is 0 Å². The van der Waals surface area contributed by atoms with Crippen molar-refractivity contribution in [3.8, 4) is 0 Å². The van der Waals surface area contributed by atoms with Crippen LogP contribution in [-0.4, -0.2) is 22.7 Å². The van der Waals surface area contributed by atoms with Gasteiger partial charge in [0.2, 0.25) is 5.82 Å². The Morgan fingerprint density at radius 3 is 2.63 bits per heavy atom. The van der Waals surface area contributed by atoms with Gasteiger partial charge in [0.1, 0.15) is 11.4 Å². The first kappa shape index (κ1) is 15.5. The lowest BCUT2D eigenvalue weighted by Crippen LogP contribution is -2.26. The summed E-state index contributed by atoms with van der Waals surface area (Å²) in [5.41, 5.74) is -1.85. The van der Waals surface area contributed by atoms with E-state index in [1.807, 2.05) is 0 Å². The van der Waals surface area contributed by atoms with E-state index in [2.05, 4.69) is 21.2 Å². The smallest absolute Gasteiger partial charge is 0.305 e. The number of halogens is 3. The van der Waals surface area contributed by atoms with E-state index in [0.717, 1.165) is 11.8 Å². The van der Waals surface area contributed by atoms with Gasteiger partial charge in [-0.25, -0.2) is 4.39 Å². The van der Waals surface area contributed by atoms with E-state index >= 15 is 0 Å². The van der Waals surface area contributed by atoms with Crippen LogP contribution in [0.4, 0.5) is 14.5 Å². The highest BCUT2D eigenvalue weighted by molar-refractivity contribution is 9.09. The van der Waals surface area contributed by atoms with Crippen LogP contribution in [0, 0.1) is 21.7 Å². The van der Waals surface area contributed by atoms with Gasteiger partial charge in [-0.15, -0.1) is 0 Å². The Hall–Kier alpha value is -1.57. The fraction of sp³-hybridized carbons (Fsp3) is 0.364. The van der Waals surface area contributed by atoms with Gasteiger partial charge in [-0.05, 0) is 18.9 Å². The second-order valence-electron chi connectivity index (χ2n) is 3.66. The number of alkyl halides is 1. The van der Waals surface area contributed by atoms with Gasteiger partial charge >= 0.3 is 5.69 Å². The molecule has 0 aliphatic carbocycles. The van der Waals surface area contributed by atoms with E-state index in [4.69, 9.17) is 0 Å². The second kappa shape index (κ2) is 7.13. The van der Waals surface area contributed by atoms with Crippen molar-refractivity contribution in [1.82, 2.24) is 5.32 Å². The first-order valence-electron chi connectivity index (χ1n) is 5.45. The zero-order chi connectivity index (χ0) is 14.4. The van der Waals surface area contributed by atoms with E-state index in [0.29, 0.717) is 18.6 Å². The van der Waals surface area contributed by atoms with Gasteiger partial charge in [0.05, 0.1) is 4.92 Å². The zero-order valence-corrected chi connectivity index (χ0v) is 11.4. The van der Waals surface area contributed by atoms with E-state index in [1.54, 1.807) is 0 Å². The number of rotatable bonds is 6. The third-order valence-corrected chi connectivity index (χ3v) is 2.90. The number of nitro benzene ring substituents is 1. The summed E-state index contributed by atoms with van der Waals surface area (Å²) < 4.78 is 27.0. The van der Waals surface area contributed by atoms with Crippen LogP contribution >= 0.6 is 15.9 Å². The van der Waals surface area contributed by atoms with Gasteiger partial charge in [0, 0.05) is 17.9 Å². The third-order valence-electron chi connectivity index (χ3n) is 2.34. The molecule has 0 unspecified atom stereocenters. The van der Waals surface area contributed by atoms with Crippen molar-refractivity contribution in [1.29, 1.82) is 0 Å². The zero-order valence-electron chi connectivity index (χ0n) is 9.79. The molecule has 0 aliphatic rings. The topological polar surface area (TPSA) is 72.2 Å². The molecule has 1 rings (SSSR count). The Labute approximate surface area is 116 Å². The van der Waals surface area contributed by atoms with E-state index in [9.17, 15) is 23.7 Å². The highest BCUT2D eigenvalue weighted by Gasteiger charge is 2.25. The Bertz CT molecular complexity index is 497. The number of nitro groups is 1. The average Bonchev–Trinajstić information content (AvgIpc) is 2.34. The highest BCUT2D eigenvalue weighted by atomic mass is 79.9. The van der Waals surface area contributed by atoms with Gasteiger partial charge in [0.25, 0.3) is 5.91 Å². The number of benzene rings is 1. The first-order valence-corrected chi connectivity index (χ1v) is 6.57. The van der Waals surface area contributed by atoms with Crippen LogP contribution in [0.2, 0.25) is 0 Å². The number of carbonyl (C=O) groups excluding carboxylic acids is 1. The third kappa shape index (κ3) is 3.95. The molecule has 0 heterocycles. The minimum absolute atomic E-state index is 0.242. The molecule has 0 saturated heterocycles. The Balaban J connectivity index is 2.90. The molecule has 1 N–H and O–H groups in total. The summed E-state index contributed by atoms with van der Waals surface area (Å²) in [5.74, 6) is -3.57. The van der Waals surface area contributed by atoms with Crippen LogP contribution in [-0.2, 0) is 0 Å². The van der Waals surface area contributed by atoms with Crippen molar-refractivity contribution in [2.24, 2.45) is 0 Å². The average molecular weight is 337 g/mol. The fourth-order valence-electron chi connectivity index (χ4n) is 1.40. The Kier molecular flexibility index (Phi) is 5.81. The molecule has 0 bridgehead atoms. The summed E-state index contributed by atoms with van der Waals surface area (Å²) in [6, 6.07) is 1.39. The number of nitrogens with one attached hydrogen (secondary N) is 1. The summed E-state index contributed by atoms with van der Waals surface area (Å²) in [5, 5.41) is 13.6.